The Labute approximate surface area is 216 Å². The zero-order chi connectivity index (χ0) is 25.8. The van der Waals surface area contributed by atoms with Gasteiger partial charge in [-0.3, -0.25) is 4.79 Å². The van der Waals surface area contributed by atoms with E-state index in [1.54, 1.807) is 38.4 Å². The van der Waals surface area contributed by atoms with Crippen molar-refractivity contribution in [2.24, 2.45) is 0 Å². The second kappa shape index (κ2) is 11.0. The predicted molar refractivity (Wildman–Crippen MR) is 139 cm³/mol. The molecule has 3 aromatic rings. The molecule has 0 spiro atoms. The lowest BCUT2D eigenvalue weighted by Gasteiger charge is -2.38. The molecule has 0 aromatic heterocycles. The molecule has 0 bridgehead atoms. The Morgan fingerprint density at radius 2 is 1.50 bits per heavy atom. The van der Waals surface area contributed by atoms with Crippen LogP contribution in [-0.2, 0) is 11.2 Å². The molecular formula is C28H30ClNO6. The molecule has 0 radical (unpaired) electrons. The van der Waals surface area contributed by atoms with Crippen molar-refractivity contribution in [3.8, 4) is 28.7 Å². The Hall–Kier alpha value is -3.58. The number of amides is 1. The lowest BCUT2D eigenvalue weighted by Crippen LogP contribution is -2.41. The lowest BCUT2D eigenvalue weighted by molar-refractivity contribution is -0.118. The average Bonchev–Trinajstić information content (AvgIpc) is 2.87. The van der Waals surface area contributed by atoms with Gasteiger partial charge in [-0.1, -0.05) is 17.7 Å². The summed E-state index contributed by atoms with van der Waals surface area (Å²) in [6.45, 7) is 4.80. The van der Waals surface area contributed by atoms with Crippen molar-refractivity contribution >= 4 is 23.2 Å². The maximum Gasteiger partial charge on any atom is 0.232 e. The number of nitrogens with zero attached hydrogens (tertiary/aromatic N) is 1. The minimum absolute atomic E-state index is 0.0740. The van der Waals surface area contributed by atoms with E-state index >= 15 is 0 Å². The molecule has 190 valence electrons. The summed E-state index contributed by atoms with van der Waals surface area (Å²) in [5.41, 5.74) is 3.24. The molecule has 1 amide bonds. The van der Waals surface area contributed by atoms with E-state index in [2.05, 4.69) is 0 Å². The van der Waals surface area contributed by atoms with Crippen molar-refractivity contribution in [1.29, 1.82) is 0 Å². The predicted octanol–water partition coefficient (Wildman–Crippen LogP) is 5.84. The third-order valence-corrected chi connectivity index (χ3v) is 6.29. The highest BCUT2D eigenvalue weighted by Gasteiger charge is 2.37. The second-order valence-electron chi connectivity index (χ2n) is 8.15. The second-order valence-corrected chi connectivity index (χ2v) is 8.58. The first-order valence-electron chi connectivity index (χ1n) is 11.8. The molecule has 0 saturated carbocycles. The molecule has 1 heterocycles. The summed E-state index contributed by atoms with van der Waals surface area (Å²) in [5.74, 6) is 2.63. The molecule has 4 rings (SSSR count). The molecule has 0 fully saturated rings. The molecule has 7 nitrogen and oxygen atoms in total. The van der Waals surface area contributed by atoms with Crippen LogP contribution in [0.2, 0.25) is 5.02 Å². The van der Waals surface area contributed by atoms with Crippen LogP contribution in [0.3, 0.4) is 0 Å². The number of benzene rings is 3. The molecule has 36 heavy (non-hydrogen) atoms. The molecule has 1 unspecified atom stereocenters. The van der Waals surface area contributed by atoms with Gasteiger partial charge in [-0.15, -0.1) is 0 Å². The van der Waals surface area contributed by atoms with Crippen molar-refractivity contribution in [3.63, 3.8) is 0 Å². The molecule has 3 aromatic carbocycles. The van der Waals surface area contributed by atoms with Gasteiger partial charge < -0.3 is 28.6 Å². The Balaban J connectivity index is 2.00. The van der Waals surface area contributed by atoms with E-state index < -0.39 is 6.04 Å². The number of fused-ring (bicyclic) bond motifs is 1. The summed E-state index contributed by atoms with van der Waals surface area (Å²) in [4.78, 5) is 15.4. The standard InChI is InChI=1S/C28H30ClNO6/c1-6-35-22-11-17-14-26(31)30(20-10-8-9-19(29)15-20)27(21(17)16-23(22)36-7-2)18-12-24(32-3)28(34-5)25(13-18)33-4/h8-13,15-16,27H,6-7,14H2,1-5H3. The van der Waals surface area contributed by atoms with Gasteiger partial charge in [-0.2, -0.15) is 0 Å². The Bertz CT molecular complexity index is 1240. The highest BCUT2D eigenvalue weighted by Crippen LogP contribution is 2.47. The van der Waals surface area contributed by atoms with Crippen LogP contribution in [0.1, 0.15) is 36.6 Å². The fraction of sp³-hybridized carbons (Fsp3) is 0.321. The van der Waals surface area contributed by atoms with E-state index in [1.165, 1.54) is 0 Å². The van der Waals surface area contributed by atoms with Gasteiger partial charge in [0.25, 0.3) is 0 Å². The van der Waals surface area contributed by atoms with Gasteiger partial charge in [-0.05, 0) is 73.0 Å². The van der Waals surface area contributed by atoms with Gasteiger partial charge in [0.15, 0.2) is 23.0 Å². The van der Waals surface area contributed by atoms with Crippen molar-refractivity contribution in [1.82, 2.24) is 0 Å². The van der Waals surface area contributed by atoms with E-state index in [9.17, 15) is 4.79 Å². The van der Waals surface area contributed by atoms with E-state index in [-0.39, 0.29) is 12.3 Å². The molecular weight excluding hydrogens is 482 g/mol. The van der Waals surface area contributed by atoms with Crippen LogP contribution in [0.5, 0.6) is 28.7 Å². The minimum Gasteiger partial charge on any atom is -0.493 e. The van der Waals surface area contributed by atoms with Crippen molar-refractivity contribution < 1.29 is 28.5 Å². The molecule has 1 aliphatic rings. The van der Waals surface area contributed by atoms with Crippen LogP contribution in [0, 0.1) is 0 Å². The number of hydrogen-bond acceptors (Lipinski definition) is 6. The van der Waals surface area contributed by atoms with E-state index in [1.807, 2.05) is 50.2 Å². The van der Waals surface area contributed by atoms with Crippen molar-refractivity contribution in [2.75, 3.05) is 39.4 Å². The maximum absolute atomic E-state index is 13.7. The molecule has 0 aliphatic carbocycles. The van der Waals surface area contributed by atoms with Gasteiger partial charge in [-0.25, -0.2) is 0 Å². The number of hydrogen-bond donors (Lipinski definition) is 0. The van der Waals surface area contributed by atoms with Crippen LogP contribution in [-0.4, -0.2) is 40.5 Å². The van der Waals surface area contributed by atoms with Crippen LogP contribution < -0.4 is 28.6 Å². The van der Waals surface area contributed by atoms with Gasteiger partial charge in [0.2, 0.25) is 11.7 Å². The number of halogens is 1. The minimum atomic E-state index is -0.511. The summed E-state index contributed by atoms with van der Waals surface area (Å²) in [7, 11) is 4.69. The average molecular weight is 512 g/mol. The van der Waals surface area contributed by atoms with Crippen LogP contribution in [0.25, 0.3) is 0 Å². The van der Waals surface area contributed by atoms with Crippen molar-refractivity contribution in [3.05, 3.63) is 70.2 Å². The third kappa shape index (κ3) is 4.75. The molecule has 8 heteroatoms. The van der Waals surface area contributed by atoms with E-state index in [0.29, 0.717) is 52.7 Å². The summed E-state index contributed by atoms with van der Waals surface area (Å²) < 4.78 is 28.5. The number of carbonyl (C=O) groups is 1. The third-order valence-electron chi connectivity index (χ3n) is 6.06. The van der Waals surface area contributed by atoms with E-state index in [0.717, 1.165) is 16.7 Å². The van der Waals surface area contributed by atoms with Gasteiger partial charge in [0, 0.05) is 10.7 Å². The summed E-state index contributed by atoms with van der Waals surface area (Å²) >= 11 is 6.33. The van der Waals surface area contributed by atoms with Crippen LogP contribution in [0.4, 0.5) is 5.69 Å². The number of anilines is 1. The highest BCUT2D eigenvalue weighted by molar-refractivity contribution is 6.31. The first-order valence-corrected chi connectivity index (χ1v) is 12.1. The van der Waals surface area contributed by atoms with Crippen LogP contribution in [0.15, 0.2) is 48.5 Å². The molecule has 1 atom stereocenters. The fourth-order valence-electron chi connectivity index (χ4n) is 4.60. The zero-order valence-corrected chi connectivity index (χ0v) is 21.8. The molecule has 0 saturated heterocycles. The first kappa shape index (κ1) is 25.5. The van der Waals surface area contributed by atoms with Crippen molar-refractivity contribution in [2.45, 2.75) is 26.3 Å². The zero-order valence-electron chi connectivity index (χ0n) is 21.1. The quantitative estimate of drug-likeness (QED) is 0.359. The number of ether oxygens (including phenoxy) is 5. The van der Waals surface area contributed by atoms with Gasteiger partial charge >= 0.3 is 0 Å². The largest absolute Gasteiger partial charge is 0.493 e. The monoisotopic (exact) mass is 511 g/mol. The topological polar surface area (TPSA) is 66.5 Å². The van der Waals surface area contributed by atoms with Crippen LogP contribution >= 0.6 is 11.6 Å². The lowest BCUT2D eigenvalue weighted by atomic mass is 9.86. The Morgan fingerprint density at radius 3 is 2.06 bits per heavy atom. The normalized spacial score (nSPS) is 14.8. The fourth-order valence-corrected chi connectivity index (χ4v) is 4.78. The van der Waals surface area contributed by atoms with Gasteiger partial charge in [0.1, 0.15) is 0 Å². The Morgan fingerprint density at radius 1 is 0.861 bits per heavy atom. The summed E-state index contributed by atoms with van der Waals surface area (Å²) in [5, 5.41) is 0.538. The maximum atomic E-state index is 13.7. The first-order chi connectivity index (χ1) is 17.4. The smallest absolute Gasteiger partial charge is 0.232 e. The summed E-state index contributed by atoms with van der Waals surface area (Å²) in [6.07, 6.45) is 0.204. The number of carbonyl (C=O) groups excluding carboxylic acids is 1. The SMILES string of the molecule is CCOc1cc2c(cc1OCC)C(c1cc(OC)c(OC)c(OC)c1)N(c1cccc(Cl)c1)C(=O)C2. The Kier molecular flexibility index (Phi) is 7.79. The molecule has 0 N–H and O–H groups in total. The van der Waals surface area contributed by atoms with E-state index in [4.69, 9.17) is 35.3 Å². The number of methoxy groups -OCH3 is 3. The number of rotatable bonds is 9. The molecule has 1 aliphatic heterocycles. The van der Waals surface area contributed by atoms with Gasteiger partial charge in [0.05, 0.1) is 47.0 Å². The highest BCUT2D eigenvalue weighted by atomic mass is 35.5. The summed E-state index contributed by atoms with van der Waals surface area (Å²) in [6, 6.07) is 14.4.